The number of hydrogen-bond donors (Lipinski definition) is 1. The third-order valence-corrected chi connectivity index (χ3v) is 7.54. The number of nitrogens with zero attached hydrogens (tertiary/aromatic N) is 1. The number of carbonyl (C=O) groups is 1. The van der Waals surface area contributed by atoms with Crippen molar-refractivity contribution in [1.82, 2.24) is 0 Å². The lowest BCUT2D eigenvalue weighted by Gasteiger charge is -2.18. The van der Waals surface area contributed by atoms with Gasteiger partial charge in [-0.15, -0.1) is 0 Å². The molecular weight excluding hydrogens is 543 g/mol. The van der Waals surface area contributed by atoms with Crippen LogP contribution in [0.5, 0.6) is 11.5 Å². The zero-order chi connectivity index (χ0) is 27.7. The van der Waals surface area contributed by atoms with Gasteiger partial charge < -0.3 is 9.84 Å². The monoisotopic (exact) mass is 563 g/mol. The highest BCUT2D eigenvalue weighted by Crippen LogP contribution is 2.45. The van der Waals surface area contributed by atoms with Crippen LogP contribution in [0.3, 0.4) is 0 Å². The molecule has 4 nitrogen and oxygen atoms in total. The van der Waals surface area contributed by atoms with Crippen LogP contribution in [-0.4, -0.2) is 22.4 Å². The molecule has 0 unspecified atom stereocenters. The first-order valence-corrected chi connectivity index (χ1v) is 12.9. The molecule has 9 heteroatoms. The fourth-order valence-corrected chi connectivity index (χ4v) is 5.74. The number of anilines is 1. The molecule has 0 aromatic heterocycles. The molecule has 0 spiro atoms. The summed E-state index contributed by atoms with van der Waals surface area (Å²) in [6.45, 7) is 0. The molecule has 1 aliphatic rings. The van der Waals surface area contributed by atoms with Crippen LogP contribution in [0.1, 0.15) is 16.7 Å². The first-order valence-electron chi connectivity index (χ1n) is 11.7. The summed E-state index contributed by atoms with van der Waals surface area (Å²) in [5.74, 6) is 0.222. The molecule has 0 bridgehead atoms. The summed E-state index contributed by atoms with van der Waals surface area (Å²) in [5, 5.41) is 10.2. The normalized spacial score (nSPS) is 15.0. The number of phenolic OH excluding ortho intramolecular Hbond substituents is 1. The van der Waals surface area contributed by atoms with Gasteiger partial charge in [0.15, 0.2) is 4.32 Å². The first-order chi connectivity index (χ1) is 18.7. The Morgan fingerprint density at radius 1 is 0.923 bits per heavy atom. The van der Waals surface area contributed by atoms with Gasteiger partial charge in [0, 0.05) is 5.57 Å². The molecule has 0 aliphatic carbocycles. The fraction of sp³-hybridized carbons (Fsp3) is 0.0667. The van der Waals surface area contributed by atoms with E-state index >= 15 is 0 Å². The predicted molar refractivity (Wildman–Crippen MR) is 152 cm³/mol. The summed E-state index contributed by atoms with van der Waals surface area (Å²) < 4.78 is 45.0. The Morgan fingerprint density at radius 3 is 2.28 bits per heavy atom. The summed E-state index contributed by atoms with van der Waals surface area (Å²) in [7, 11) is 1.55. The molecule has 1 saturated heterocycles. The number of halogens is 3. The zero-order valence-corrected chi connectivity index (χ0v) is 22.0. The van der Waals surface area contributed by atoms with Crippen LogP contribution in [0, 0.1) is 0 Å². The largest absolute Gasteiger partial charge is 0.508 e. The third-order valence-electron chi connectivity index (χ3n) is 6.16. The SMILES string of the molecule is COc1ccc(C(=C2SC(=S)N(c3ccc(C(F)(F)F)cc3)C2=O)c2ccccc2)c(-c2cccc(O)c2)c1. The molecular formula is C30H20F3NO3S2. The first kappa shape index (κ1) is 26.5. The van der Waals surface area contributed by atoms with E-state index in [1.807, 2.05) is 48.5 Å². The van der Waals surface area contributed by atoms with E-state index in [-0.39, 0.29) is 15.8 Å². The van der Waals surface area contributed by atoms with Crippen LogP contribution in [-0.2, 0) is 11.0 Å². The second-order valence-electron chi connectivity index (χ2n) is 8.59. The molecule has 39 heavy (non-hydrogen) atoms. The lowest BCUT2D eigenvalue weighted by molar-refractivity contribution is -0.137. The lowest BCUT2D eigenvalue weighted by Crippen LogP contribution is -2.27. The van der Waals surface area contributed by atoms with Gasteiger partial charge in [-0.05, 0) is 70.8 Å². The maximum Gasteiger partial charge on any atom is 0.416 e. The summed E-state index contributed by atoms with van der Waals surface area (Å²) >= 11 is 6.63. The molecule has 4 aromatic rings. The van der Waals surface area contributed by atoms with Crippen LogP contribution in [0.25, 0.3) is 16.7 Å². The number of rotatable bonds is 5. The Bertz CT molecular complexity index is 1600. The highest BCUT2D eigenvalue weighted by Gasteiger charge is 2.37. The number of carbonyl (C=O) groups excluding carboxylic acids is 1. The van der Waals surface area contributed by atoms with Crippen molar-refractivity contribution >= 4 is 45.5 Å². The van der Waals surface area contributed by atoms with Gasteiger partial charge in [0.05, 0.1) is 23.3 Å². The van der Waals surface area contributed by atoms with Gasteiger partial charge in [-0.3, -0.25) is 9.69 Å². The minimum atomic E-state index is -4.50. The van der Waals surface area contributed by atoms with Crippen LogP contribution >= 0.6 is 24.0 Å². The number of hydrogen-bond acceptors (Lipinski definition) is 5. The molecule has 5 rings (SSSR count). The average molecular weight is 564 g/mol. The number of benzene rings is 4. The van der Waals surface area contributed by atoms with Crippen molar-refractivity contribution in [1.29, 1.82) is 0 Å². The second kappa shape index (κ2) is 10.6. The zero-order valence-electron chi connectivity index (χ0n) is 20.4. The topological polar surface area (TPSA) is 49.8 Å². The number of phenols is 1. The van der Waals surface area contributed by atoms with Crippen LogP contribution < -0.4 is 9.64 Å². The highest BCUT2D eigenvalue weighted by atomic mass is 32.2. The third kappa shape index (κ3) is 5.28. The quantitative estimate of drug-likeness (QED) is 0.198. The van der Waals surface area contributed by atoms with E-state index in [0.717, 1.165) is 29.5 Å². The van der Waals surface area contributed by atoms with Crippen molar-refractivity contribution in [2.45, 2.75) is 6.18 Å². The van der Waals surface area contributed by atoms with E-state index in [1.54, 1.807) is 31.4 Å². The summed E-state index contributed by atoms with van der Waals surface area (Å²) in [4.78, 5) is 15.5. The van der Waals surface area contributed by atoms with Gasteiger partial charge in [0.25, 0.3) is 5.91 Å². The minimum Gasteiger partial charge on any atom is -0.508 e. The average Bonchev–Trinajstić information content (AvgIpc) is 3.22. The van der Waals surface area contributed by atoms with Crippen LogP contribution in [0.4, 0.5) is 18.9 Å². The van der Waals surface area contributed by atoms with Gasteiger partial charge in [-0.2, -0.15) is 13.2 Å². The van der Waals surface area contributed by atoms with E-state index in [1.165, 1.54) is 17.0 Å². The second-order valence-corrected chi connectivity index (χ2v) is 10.2. The van der Waals surface area contributed by atoms with Crippen LogP contribution in [0.15, 0.2) is 102 Å². The minimum absolute atomic E-state index is 0.0798. The maximum atomic E-state index is 13.9. The Kier molecular flexibility index (Phi) is 7.20. The molecule has 196 valence electrons. The van der Waals surface area contributed by atoms with E-state index in [4.69, 9.17) is 17.0 Å². The summed E-state index contributed by atoms with van der Waals surface area (Å²) in [5.41, 5.74) is 2.89. The molecule has 0 saturated carbocycles. The van der Waals surface area contributed by atoms with E-state index in [2.05, 4.69) is 0 Å². The number of ether oxygens (including phenoxy) is 1. The van der Waals surface area contributed by atoms with Gasteiger partial charge in [0.2, 0.25) is 0 Å². The highest BCUT2D eigenvalue weighted by molar-refractivity contribution is 8.27. The van der Waals surface area contributed by atoms with Crippen molar-refractivity contribution in [3.63, 3.8) is 0 Å². The van der Waals surface area contributed by atoms with E-state index in [9.17, 15) is 23.1 Å². The number of aromatic hydroxyl groups is 1. The number of thiocarbonyl (C=S) groups is 1. The molecule has 1 N–H and O–H groups in total. The van der Waals surface area contributed by atoms with Crippen molar-refractivity contribution in [2.75, 3.05) is 12.0 Å². The molecule has 1 heterocycles. The smallest absolute Gasteiger partial charge is 0.416 e. The Labute approximate surface area is 232 Å². The number of thioether (sulfide) groups is 1. The van der Waals surface area contributed by atoms with Gasteiger partial charge in [-0.25, -0.2) is 0 Å². The fourth-order valence-electron chi connectivity index (χ4n) is 4.34. The maximum absolute atomic E-state index is 13.9. The van der Waals surface area contributed by atoms with Gasteiger partial charge >= 0.3 is 6.18 Å². The Hall–Kier alpha value is -4.08. The number of alkyl halides is 3. The Morgan fingerprint density at radius 2 is 1.64 bits per heavy atom. The standard InChI is InChI=1S/C30H20F3NO3S2/c1-37-23-14-15-24(25(17-23)19-8-5-9-22(35)16-19)26(18-6-3-2-4-7-18)27-28(36)34(29(38)39-27)21-12-10-20(11-13-21)30(31,32)33/h2-17,35H,1H3. The molecule has 1 aliphatic heterocycles. The molecule has 4 aromatic carbocycles. The van der Waals surface area contributed by atoms with Crippen molar-refractivity contribution < 1.29 is 27.8 Å². The van der Waals surface area contributed by atoms with Gasteiger partial charge in [-0.1, -0.05) is 72.5 Å². The molecule has 0 atom stereocenters. The summed E-state index contributed by atoms with van der Waals surface area (Å²) in [6.07, 6.45) is -4.50. The lowest BCUT2D eigenvalue weighted by atomic mass is 9.89. The van der Waals surface area contributed by atoms with E-state index in [0.29, 0.717) is 32.9 Å². The van der Waals surface area contributed by atoms with Crippen molar-refractivity contribution in [3.8, 4) is 22.6 Å². The molecule has 0 radical (unpaired) electrons. The van der Waals surface area contributed by atoms with Crippen molar-refractivity contribution in [3.05, 3.63) is 119 Å². The summed E-state index contributed by atoms with van der Waals surface area (Å²) in [6, 6.07) is 25.8. The van der Waals surface area contributed by atoms with Crippen LogP contribution in [0.2, 0.25) is 0 Å². The molecule has 1 amide bonds. The molecule has 1 fully saturated rings. The Balaban J connectivity index is 1.70. The van der Waals surface area contributed by atoms with Crippen molar-refractivity contribution in [2.24, 2.45) is 0 Å². The van der Waals surface area contributed by atoms with Gasteiger partial charge in [0.1, 0.15) is 11.5 Å². The predicted octanol–water partition coefficient (Wildman–Crippen LogP) is 7.91. The van der Waals surface area contributed by atoms with E-state index < -0.39 is 17.6 Å². The number of methoxy groups -OCH3 is 1. The number of amides is 1.